The van der Waals surface area contributed by atoms with Gasteiger partial charge in [-0.1, -0.05) is 51.9 Å². The fourth-order valence-corrected chi connectivity index (χ4v) is 2.29. The molecule has 0 amide bonds. The molecule has 0 radical (unpaired) electrons. The van der Waals surface area contributed by atoms with Crippen LogP contribution in [0.2, 0.25) is 0 Å². The van der Waals surface area contributed by atoms with Crippen molar-refractivity contribution in [2.24, 2.45) is 0 Å². The van der Waals surface area contributed by atoms with Crippen LogP contribution in [0.15, 0.2) is 0 Å². The maximum absolute atomic E-state index is 13.1. The molecule has 0 heterocycles. The monoisotopic (exact) mass is 367 g/mol. The highest BCUT2D eigenvalue weighted by molar-refractivity contribution is 7.87. The fourth-order valence-electron chi connectivity index (χ4n) is 1.82. The Balaban J connectivity index is 0. The lowest BCUT2D eigenvalue weighted by Crippen LogP contribution is -2.46. The Labute approximate surface area is 136 Å². The van der Waals surface area contributed by atoms with Crippen LogP contribution in [0.3, 0.4) is 0 Å². The Bertz CT molecular complexity index is 389. The highest BCUT2D eigenvalue weighted by Crippen LogP contribution is 2.41. The largest absolute Gasteiger partial charge is 0.431 e. The molecule has 0 spiro atoms. The van der Waals surface area contributed by atoms with E-state index in [9.17, 15) is 26.0 Å². The average molecular weight is 367 g/mol. The maximum Gasteiger partial charge on any atom is 0.431 e. The van der Waals surface area contributed by atoms with E-state index < -0.39 is 27.7 Å². The molecule has 9 heteroatoms. The van der Waals surface area contributed by atoms with Crippen molar-refractivity contribution in [2.45, 2.75) is 75.9 Å². The molecule has 0 saturated carbocycles. The second kappa shape index (κ2) is 12.0. The summed E-state index contributed by atoms with van der Waals surface area (Å²) in [6.07, 6.45) is 4.62. The van der Waals surface area contributed by atoms with Gasteiger partial charge in [0.25, 0.3) is 0 Å². The van der Waals surface area contributed by atoms with Crippen LogP contribution in [0.4, 0.5) is 17.6 Å². The Morgan fingerprint density at radius 1 is 0.870 bits per heavy atom. The summed E-state index contributed by atoms with van der Waals surface area (Å²) in [5, 5.41) is -2.68. The first-order valence-corrected chi connectivity index (χ1v) is 9.23. The summed E-state index contributed by atoms with van der Waals surface area (Å²) in [6, 6.07) is 0. The van der Waals surface area contributed by atoms with Gasteiger partial charge in [-0.15, -0.1) is 0 Å². The van der Waals surface area contributed by atoms with Crippen molar-refractivity contribution >= 4 is 10.1 Å². The van der Waals surface area contributed by atoms with Crippen LogP contribution in [0.1, 0.15) is 64.7 Å². The normalized spacial score (nSPS) is 12.7. The molecule has 2 N–H and O–H groups in total. The van der Waals surface area contributed by atoms with Crippen LogP contribution in [0.25, 0.3) is 0 Å². The van der Waals surface area contributed by atoms with E-state index in [4.69, 9.17) is 4.55 Å². The smallest absolute Gasteiger partial charge is 0.323 e. The Kier molecular flexibility index (Phi) is 13.0. The van der Waals surface area contributed by atoms with E-state index in [2.05, 4.69) is 12.2 Å². The lowest BCUT2D eigenvalue weighted by molar-refractivity contribution is -0.164. The summed E-state index contributed by atoms with van der Waals surface area (Å²) in [4.78, 5) is 0. The number of unbranched alkanes of at least 4 members (excludes halogenated alkanes) is 7. The van der Waals surface area contributed by atoms with Crippen LogP contribution in [0, 0.1) is 0 Å². The number of rotatable bonds is 11. The maximum atomic E-state index is 13.1. The van der Waals surface area contributed by atoms with E-state index in [1.54, 1.807) is 0 Å². The van der Waals surface area contributed by atoms with Crippen molar-refractivity contribution < 1.29 is 30.5 Å². The molecule has 0 bridgehead atoms. The van der Waals surface area contributed by atoms with Crippen LogP contribution in [0.5, 0.6) is 0 Å². The van der Waals surface area contributed by atoms with Gasteiger partial charge in [0.15, 0.2) is 0 Å². The van der Waals surface area contributed by atoms with Gasteiger partial charge in [0.2, 0.25) is 0 Å². The first-order chi connectivity index (χ1) is 10.5. The van der Waals surface area contributed by atoms with E-state index in [1.807, 2.05) is 14.1 Å². The van der Waals surface area contributed by atoms with E-state index in [-0.39, 0.29) is 6.42 Å². The number of alkyl halides is 4. The first kappa shape index (κ1) is 24.8. The van der Waals surface area contributed by atoms with Crippen LogP contribution in [-0.2, 0) is 10.1 Å². The van der Waals surface area contributed by atoms with Gasteiger partial charge in [0, 0.05) is 6.42 Å². The minimum Gasteiger partial charge on any atom is -0.323 e. The highest BCUT2D eigenvalue weighted by Gasteiger charge is 2.64. The van der Waals surface area contributed by atoms with Gasteiger partial charge in [-0.2, -0.15) is 26.0 Å². The third-order valence-corrected chi connectivity index (χ3v) is 4.04. The van der Waals surface area contributed by atoms with Crippen molar-refractivity contribution in [1.29, 1.82) is 0 Å². The summed E-state index contributed by atoms with van der Waals surface area (Å²) >= 11 is 0. The SMILES string of the molecule is CCCCCCCCCCC(F)(F)C(F)(F)S(=O)(=O)O.CNC. The standard InChI is InChI=1S/C12H22F4O3S.C2H7N/c1-2-3-4-5-6-7-8-9-10-11(13,14)12(15,16)20(17,18)19;1-3-2/h2-10H2,1H3,(H,17,18,19);3H,1-2H3. The fraction of sp³-hybridized carbons (Fsp3) is 1.00. The molecule has 0 saturated heterocycles. The van der Waals surface area contributed by atoms with E-state index in [0.717, 1.165) is 32.1 Å². The zero-order valence-electron chi connectivity index (χ0n) is 14.0. The predicted molar refractivity (Wildman–Crippen MR) is 83.7 cm³/mol. The molecule has 0 fully saturated rings. The second-order valence-corrected chi connectivity index (χ2v) is 6.88. The Hall–Kier alpha value is -0.410. The molecule has 23 heavy (non-hydrogen) atoms. The van der Waals surface area contributed by atoms with Crippen molar-refractivity contribution in [3.63, 3.8) is 0 Å². The Morgan fingerprint density at radius 2 is 1.22 bits per heavy atom. The number of hydrogen-bond donors (Lipinski definition) is 2. The van der Waals surface area contributed by atoms with Crippen molar-refractivity contribution in [2.75, 3.05) is 14.1 Å². The van der Waals surface area contributed by atoms with Gasteiger partial charge in [0.05, 0.1) is 0 Å². The van der Waals surface area contributed by atoms with Gasteiger partial charge in [0.1, 0.15) is 0 Å². The third kappa shape index (κ3) is 10.1. The molecular formula is C14H29F4NO3S. The summed E-state index contributed by atoms with van der Waals surface area (Å²) in [5.74, 6) is -4.75. The molecule has 0 atom stereocenters. The van der Waals surface area contributed by atoms with Crippen LogP contribution < -0.4 is 5.32 Å². The highest BCUT2D eigenvalue weighted by atomic mass is 32.2. The lowest BCUT2D eigenvalue weighted by Gasteiger charge is -2.23. The number of halogens is 4. The molecule has 0 aromatic carbocycles. The van der Waals surface area contributed by atoms with Gasteiger partial charge >= 0.3 is 21.3 Å². The van der Waals surface area contributed by atoms with Crippen LogP contribution in [-0.4, -0.2) is 38.2 Å². The minimum atomic E-state index is -6.10. The summed E-state index contributed by atoms with van der Waals surface area (Å²) in [5.41, 5.74) is 0. The summed E-state index contributed by atoms with van der Waals surface area (Å²) in [6.45, 7) is 2.07. The quantitative estimate of drug-likeness (QED) is 0.321. The molecule has 0 unspecified atom stereocenters. The van der Waals surface area contributed by atoms with Crippen molar-refractivity contribution in [3.8, 4) is 0 Å². The average Bonchev–Trinajstić information content (AvgIpc) is 2.41. The minimum absolute atomic E-state index is 0.202. The van der Waals surface area contributed by atoms with Crippen molar-refractivity contribution in [1.82, 2.24) is 5.32 Å². The topological polar surface area (TPSA) is 66.4 Å². The van der Waals surface area contributed by atoms with Crippen LogP contribution >= 0.6 is 0 Å². The molecule has 0 aromatic heterocycles. The molecule has 0 aromatic rings. The summed E-state index contributed by atoms with van der Waals surface area (Å²) in [7, 11) is -2.35. The van der Waals surface area contributed by atoms with E-state index >= 15 is 0 Å². The van der Waals surface area contributed by atoms with Gasteiger partial charge in [-0.25, -0.2) is 0 Å². The zero-order valence-corrected chi connectivity index (χ0v) is 14.9. The van der Waals surface area contributed by atoms with Gasteiger partial charge in [-0.3, -0.25) is 4.55 Å². The molecule has 4 nitrogen and oxygen atoms in total. The number of hydrogen-bond acceptors (Lipinski definition) is 3. The zero-order chi connectivity index (χ0) is 18.6. The molecule has 0 aliphatic heterocycles. The van der Waals surface area contributed by atoms with Crippen molar-refractivity contribution in [3.05, 3.63) is 0 Å². The van der Waals surface area contributed by atoms with Gasteiger partial charge in [-0.05, 0) is 20.5 Å². The third-order valence-electron chi connectivity index (χ3n) is 3.09. The molecular weight excluding hydrogens is 338 g/mol. The lowest BCUT2D eigenvalue weighted by atomic mass is 10.1. The second-order valence-electron chi connectivity index (χ2n) is 5.42. The Morgan fingerprint density at radius 3 is 1.57 bits per heavy atom. The molecule has 142 valence electrons. The predicted octanol–water partition coefficient (Wildman–Crippen LogP) is 4.47. The molecule has 0 aliphatic rings. The van der Waals surface area contributed by atoms with E-state index in [1.165, 1.54) is 0 Å². The number of nitrogens with one attached hydrogen (secondary N) is 1. The van der Waals surface area contributed by atoms with Gasteiger partial charge < -0.3 is 5.32 Å². The summed E-state index contributed by atoms with van der Waals surface area (Å²) < 4.78 is 80.5. The van der Waals surface area contributed by atoms with E-state index in [0.29, 0.717) is 12.8 Å². The molecule has 0 rings (SSSR count). The first-order valence-electron chi connectivity index (χ1n) is 7.79. The molecule has 0 aliphatic carbocycles.